The lowest BCUT2D eigenvalue weighted by Crippen LogP contribution is -2.22. The first kappa shape index (κ1) is 19.2. The molecule has 1 fully saturated rings. The topological polar surface area (TPSA) is 57.3 Å². The van der Waals surface area contributed by atoms with Crippen molar-refractivity contribution in [3.8, 4) is 0 Å². The van der Waals surface area contributed by atoms with Gasteiger partial charge in [0.25, 0.3) is 5.91 Å². The third kappa shape index (κ3) is 5.22. The molecule has 0 bridgehead atoms. The molecule has 3 rings (SSSR count). The van der Waals surface area contributed by atoms with Crippen LogP contribution in [-0.2, 0) is 0 Å². The fourth-order valence-electron chi connectivity index (χ4n) is 3.64. The van der Waals surface area contributed by atoms with E-state index < -0.39 is 0 Å². The van der Waals surface area contributed by atoms with Crippen molar-refractivity contribution in [2.45, 2.75) is 52.0 Å². The van der Waals surface area contributed by atoms with E-state index in [0.717, 1.165) is 30.2 Å². The first-order valence-electron chi connectivity index (χ1n) is 10.1. The summed E-state index contributed by atoms with van der Waals surface area (Å²) in [6.07, 6.45) is 8.10. The number of nitrogens with zero attached hydrogens (tertiary/aromatic N) is 2. The molecule has 0 radical (unpaired) electrons. The van der Waals surface area contributed by atoms with Crippen LogP contribution in [0.25, 0.3) is 0 Å². The van der Waals surface area contributed by atoms with Crippen LogP contribution in [0.5, 0.6) is 0 Å². The average Bonchev–Trinajstić information content (AvgIpc) is 2.71. The van der Waals surface area contributed by atoms with Gasteiger partial charge in [0.2, 0.25) is 0 Å². The van der Waals surface area contributed by atoms with Crippen LogP contribution in [0, 0.1) is 0 Å². The molecule has 144 valence electrons. The van der Waals surface area contributed by atoms with E-state index in [9.17, 15) is 4.79 Å². The number of anilines is 3. The Morgan fingerprint density at radius 1 is 1.00 bits per heavy atom. The van der Waals surface area contributed by atoms with Crippen molar-refractivity contribution < 1.29 is 4.79 Å². The lowest BCUT2D eigenvalue weighted by atomic mass is 9.95. The third-order valence-electron chi connectivity index (χ3n) is 5.23. The fourth-order valence-corrected chi connectivity index (χ4v) is 3.64. The Morgan fingerprint density at radius 3 is 2.26 bits per heavy atom. The number of nitrogens with one attached hydrogen (secondary N) is 2. The minimum atomic E-state index is -0.185. The molecular weight excluding hydrogens is 336 g/mol. The van der Waals surface area contributed by atoms with Gasteiger partial charge in [0.05, 0.1) is 11.9 Å². The largest absolute Gasteiger partial charge is 0.381 e. The lowest BCUT2D eigenvalue weighted by molar-refractivity contribution is 0.102. The Labute approximate surface area is 162 Å². The van der Waals surface area contributed by atoms with Gasteiger partial charge in [0.1, 0.15) is 5.69 Å². The smallest absolute Gasteiger partial charge is 0.274 e. The van der Waals surface area contributed by atoms with Crippen molar-refractivity contribution in [3.05, 3.63) is 48.3 Å². The molecule has 5 nitrogen and oxygen atoms in total. The fraction of sp³-hybridized carbons (Fsp3) is 0.455. The molecular formula is C22H30N4O. The van der Waals surface area contributed by atoms with Crippen molar-refractivity contribution in [1.82, 2.24) is 4.98 Å². The van der Waals surface area contributed by atoms with Crippen LogP contribution in [0.2, 0.25) is 0 Å². The van der Waals surface area contributed by atoms with Gasteiger partial charge >= 0.3 is 0 Å². The molecule has 0 spiro atoms. The molecule has 2 N–H and O–H groups in total. The van der Waals surface area contributed by atoms with Crippen LogP contribution >= 0.6 is 0 Å². The van der Waals surface area contributed by atoms with Gasteiger partial charge < -0.3 is 15.5 Å². The molecule has 0 aliphatic heterocycles. The number of carbonyl (C=O) groups excluding carboxylic acids is 1. The lowest BCUT2D eigenvalue weighted by Gasteiger charge is -2.23. The molecule has 1 amide bonds. The van der Waals surface area contributed by atoms with Gasteiger partial charge in [0, 0.05) is 30.5 Å². The highest BCUT2D eigenvalue weighted by Gasteiger charge is 2.14. The van der Waals surface area contributed by atoms with Crippen LogP contribution in [-0.4, -0.2) is 30.0 Å². The van der Waals surface area contributed by atoms with Crippen molar-refractivity contribution in [3.63, 3.8) is 0 Å². The van der Waals surface area contributed by atoms with Gasteiger partial charge in [-0.3, -0.25) is 4.79 Å². The third-order valence-corrected chi connectivity index (χ3v) is 5.23. The predicted molar refractivity (Wildman–Crippen MR) is 113 cm³/mol. The van der Waals surface area contributed by atoms with Gasteiger partial charge in [-0.1, -0.05) is 19.3 Å². The number of aromatic nitrogens is 1. The monoisotopic (exact) mass is 366 g/mol. The summed E-state index contributed by atoms with van der Waals surface area (Å²) in [5.41, 5.74) is 3.36. The van der Waals surface area contributed by atoms with Gasteiger partial charge in [0.15, 0.2) is 0 Å². The molecule has 1 saturated carbocycles. The van der Waals surface area contributed by atoms with Crippen molar-refractivity contribution in [2.24, 2.45) is 0 Å². The SMILES string of the molecule is CCN(CC)c1ccc(NC(=O)c2ccc(NC3CCCCC3)cn2)cc1. The second-order valence-corrected chi connectivity index (χ2v) is 7.08. The summed E-state index contributed by atoms with van der Waals surface area (Å²) in [7, 11) is 0. The van der Waals surface area contributed by atoms with E-state index in [2.05, 4.69) is 34.4 Å². The summed E-state index contributed by atoms with van der Waals surface area (Å²) in [6.45, 7) is 6.20. The highest BCUT2D eigenvalue weighted by Crippen LogP contribution is 2.22. The maximum absolute atomic E-state index is 12.4. The van der Waals surface area contributed by atoms with Crippen LogP contribution in [0.15, 0.2) is 42.6 Å². The summed E-state index contributed by atoms with van der Waals surface area (Å²) in [6, 6.07) is 12.2. The summed E-state index contributed by atoms with van der Waals surface area (Å²) in [5, 5.41) is 6.45. The summed E-state index contributed by atoms with van der Waals surface area (Å²) >= 11 is 0. The number of hydrogen-bond acceptors (Lipinski definition) is 4. The molecule has 0 saturated heterocycles. The molecule has 27 heavy (non-hydrogen) atoms. The Bertz CT molecular complexity index is 717. The Morgan fingerprint density at radius 2 is 1.67 bits per heavy atom. The molecule has 0 atom stereocenters. The number of pyridine rings is 1. The first-order chi connectivity index (χ1) is 13.2. The maximum Gasteiger partial charge on any atom is 0.274 e. The molecule has 1 aromatic carbocycles. The predicted octanol–water partition coefficient (Wildman–Crippen LogP) is 4.92. The first-order valence-corrected chi connectivity index (χ1v) is 10.1. The molecule has 1 aromatic heterocycles. The van der Waals surface area contributed by atoms with E-state index >= 15 is 0 Å². The van der Waals surface area contributed by atoms with Gasteiger partial charge in [-0.15, -0.1) is 0 Å². The maximum atomic E-state index is 12.4. The molecule has 1 aliphatic rings. The normalized spacial score (nSPS) is 14.6. The zero-order valence-electron chi connectivity index (χ0n) is 16.4. The second-order valence-electron chi connectivity index (χ2n) is 7.08. The van der Waals surface area contributed by atoms with E-state index in [0.29, 0.717) is 11.7 Å². The zero-order valence-corrected chi connectivity index (χ0v) is 16.4. The summed E-state index contributed by atoms with van der Waals surface area (Å²) in [4.78, 5) is 19.0. The molecule has 2 aromatic rings. The van der Waals surface area contributed by atoms with Gasteiger partial charge in [-0.05, 0) is 63.1 Å². The molecule has 1 aliphatic carbocycles. The minimum Gasteiger partial charge on any atom is -0.381 e. The quantitative estimate of drug-likeness (QED) is 0.730. The molecule has 5 heteroatoms. The minimum absolute atomic E-state index is 0.185. The number of rotatable bonds is 7. The van der Waals surface area contributed by atoms with E-state index in [-0.39, 0.29) is 5.91 Å². The number of carbonyl (C=O) groups is 1. The highest BCUT2D eigenvalue weighted by atomic mass is 16.1. The second kappa shape index (κ2) is 9.40. The number of hydrogen-bond donors (Lipinski definition) is 2. The molecule has 1 heterocycles. The standard InChI is InChI=1S/C22H30N4O/c1-3-26(4-2)20-13-10-18(11-14-20)25-22(27)21-15-12-19(16-23-21)24-17-8-6-5-7-9-17/h10-17,24H,3-9H2,1-2H3,(H,25,27). The summed E-state index contributed by atoms with van der Waals surface area (Å²) in [5.74, 6) is -0.185. The van der Waals surface area contributed by atoms with Gasteiger partial charge in [-0.25, -0.2) is 4.98 Å². The highest BCUT2D eigenvalue weighted by molar-refractivity contribution is 6.03. The number of benzene rings is 1. The van der Waals surface area contributed by atoms with E-state index in [1.165, 1.54) is 32.1 Å². The van der Waals surface area contributed by atoms with E-state index in [4.69, 9.17) is 0 Å². The van der Waals surface area contributed by atoms with Crippen molar-refractivity contribution in [1.29, 1.82) is 0 Å². The van der Waals surface area contributed by atoms with Crippen LogP contribution in [0.1, 0.15) is 56.4 Å². The van der Waals surface area contributed by atoms with Gasteiger partial charge in [-0.2, -0.15) is 0 Å². The average molecular weight is 367 g/mol. The van der Waals surface area contributed by atoms with Crippen molar-refractivity contribution in [2.75, 3.05) is 28.6 Å². The van der Waals surface area contributed by atoms with Crippen LogP contribution < -0.4 is 15.5 Å². The summed E-state index contributed by atoms with van der Waals surface area (Å²) < 4.78 is 0. The Kier molecular flexibility index (Phi) is 6.69. The van der Waals surface area contributed by atoms with E-state index in [1.54, 1.807) is 12.3 Å². The number of amides is 1. The van der Waals surface area contributed by atoms with Crippen molar-refractivity contribution >= 4 is 23.0 Å². The molecule has 0 unspecified atom stereocenters. The Hall–Kier alpha value is -2.56. The zero-order chi connectivity index (χ0) is 19.1. The Balaban J connectivity index is 1.57. The van der Waals surface area contributed by atoms with E-state index in [1.807, 2.05) is 30.3 Å². The van der Waals surface area contributed by atoms with Crippen LogP contribution in [0.4, 0.5) is 17.1 Å². The van der Waals surface area contributed by atoms with Crippen LogP contribution in [0.3, 0.4) is 0 Å².